The minimum Gasteiger partial charge on any atom is -0.493 e. The van der Waals surface area contributed by atoms with Crippen molar-refractivity contribution in [2.45, 2.75) is 6.61 Å². The van der Waals surface area contributed by atoms with Crippen LogP contribution in [0.25, 0.3) is 6.08 Å². The van der Waals surface area contributed by atoms with Crippen molar-refractivity contribution in [2.24, 2.45) is 0 Å². The van der Waals surface area contributed by atoms with E-state index < -0.39 is 23.7 Å². The number of imide groups is 1. The molecule has 1 aliphatic rings. The highest BCUT2D eigenvalue weighted by atomic mass is 79.9. The van der Waals surface area contributed by atoms with Crippen LogP contribution in [0.3, 0.4) is 0 Å². The lowest BCUT2D eigenvalue weighted by molar-refractivity contribution is -0.140. The molecule has 1 aliphatic heterocycles. The molecule has 0 saturated carbocycles. The summed E-state index contributed by atoms with van der Waals surface area (Å²) in [4.78, 5) is 35.9. The third-order valence-electron chi connectivity index (χ3n) is 4.08. The van der Waals surface area contributed by atoms with Crippen LogP contribution in [0.2, 0.25) is 10.0 Å². The molecule has 0 atom stereocenters. The van der Waals surface area contributed by atoms with Gasteiger partial charge in [-0.15, -0.1) is 0 Å². The molecule has 11 heteroatoms. The van der Waals surface area contributed by atoms with Crippen LogP contribution in [0.4, 0.5) is 4.79 Å². The molecule has 0 spiro atoms. The molecule has 2 amide bonds. The van der Waals surface area contributed by atoms with E-state index in [0.717, 1.165) is 5.56 Å². The standard InChI is InChI=1S/C20H14BrCl2NO6S/c1-29-15-6-11(7-16-19(27)24(8-17(25)26)20(28)31-16)4-12(21)18(15)30-9-10-2-3-13(22)14(23)5-10/h2-7H,8-9H2,1H3,(H,25,26)/b16-7+. The number of carbonyl (C=O) groups excluding carboxylic acids is 2. The Morgan fingerprint density at radius 3 is 2.61 bits per heavy atom. The van der Waals surface area contributed by atoms with Crippen molar-refractivity contribution >= 4 is 74.1 Å². The molecule has 0 aliphatic carbocycles. The monoisotopic (exact) mass is 545 g/mol. The first-order valence-corrected chi connectivity index (χ1v) is 11.0. The second kappa shape index (κ2) is 9.95. The number of carbonyl (C=O) groups is 3. The van der Waals surface area contributed by atoms with Crippen LogP contribution in [0, 0.1) is 0 Å². The van der Waals surface area contributed by atoms with Crippen molar-refractivity contribution in [1.82, 2.24) is 4.90 Å². The maximum Gasteiger partial charge on any atom is 0.323 e. The van der Waals surface area contributed by atoms with E-state index >= 15 is 0 Å². The number of benzene rings is 2. The molecule has 2 aromatic rings. The lowest BCUT2D eigenvalue weighted by Crippen LogP contribution is -2.33. The van der Waals surface area contributed by atoms with Gasteiger partial charge >= 0.3 is 5.97 Å². The molecular weight excluding hydrogens is 533 g/mol. The number of carboxylic acids is 1. The summed E-state index contributed by atoms with van der Waals surface area (Å²) >= 11 is 16.1. The Morgan fingerprint density at radius 2 is 1.97 bits per heavy atom. The van der Waals surface area contributed by atoms with Gasteiger partial charge in [0.1, 0.15) is 13.2 Å². The summed E-state index contributed by atoms with van der Waals surface area (Å²) in [6, 6.07) is 8.50. The molecule has 3 rings (SSSR count). The molecule has 0 bridgehead atoms. The van der Waals surface area contributed by atoms with Gasteiger partial charge < -0.3 is 14.6 Å². The highest BCUT2D eigenvalue weighted by Crippen LogP contribution is 2.39. The van der Waals surface area contributed by atoms with Crippen molar-refractivity contribution in [2.75, 3.05) is 13.7 Å². The fourth-order valence-corrected chi connectivity index (χ4v) is 4.40. The molecular formula is C20H14BrCl2NO6S. The number of rotatable bonds is 7. The van der Waals surface area contributed by atoms with Gasteiger partial charge in [0.25, 0.3) is 11.1 Å². The van der Waals surface area contributed by atoms with E-state index in [1.54, 1.807) is 30.3 Å². The van der Waals surface area contributed by atoms with Crippen LogP contribution in [-0.2, 0) is 16.2 Å². The Kier molecular flexibility index (Phi) is 7.53. The Hall–Kier alpha value is -2.20. The summed E-state index contributed by atoms with van der Waals surface area (Å²) in [5.74, 6) is -1.10. The van der Waals surface area contributed by atoms with Gasteiger partial charge in [-0.2, -0.15) is 0 Å². The quantitative estimate of drug-likeness (QED) is 0.460. The maximum atomic E-state index is 12.3. The zero-order chi connectivity index (χ0) is 22.7. The van der Waals surface area contributed by atoms with Gasteiger partial charge in [-0.25, -0.2) is 0 Å². The molecule has 1 fully saturated rings. The van der Waals surface area contributed by atoms with Crippen LogP contribution in [0.5, 0.6) is 11.5 Å². The van der Waals surface area contributed by atoms with Crippen LogP contribution in [-0.4, -0.2) is 40.8 Å². The Labute approximate surface area is 200 Å². The summed E-state index contributed by atoms with van der Waals surface area (Å²) in [6.07, 6.45) is 1.49. The molecule has 1 N–H and O–H groups in total. The predicted molar refractivity (Wildman–Crippen MR) is 122 cm³/mol. The van der Waals surface area contributed by atoms with E-state index in [4.69, 9.17) is 37.8 Å². The van der Waals surface area contributed by atoms with Crippen LogP contribution in [0.15, 0.2) is 39.7 Å². The average molecular weight is 547 g/mol. The predicted octanol–water partition coefficient (Wildman–Crippen LogP) is 5.46. The topological polar surface area (TPSA) is 93.1 Å². The summed E-state index contributed by atoms with van der Waals surface area (Å²) in [5.41, 5.74) is 1.37. The minimum atomic E-state index is -1.27. The second-order valence-corrected chi connectivity index (χ2v) is 8.89. The zero-order valence-electron chi connectivity index (χ0n) is 15.9. The molecule has 0 radical (unpaired) electrons. The number of ether oxygens (including phenoxy) is 2. The Morgan fingerprint density at radius 1 is 1.23 bits per heavy atom. The fraction of sp³-hybridized carbons (Fsp3) is 0.150. The fourth-order valence-electron chi connectivity index (χ4n) is 2.67. The van der Waals surface area contributed by atoms with Crippen molar-refractivity contribution in [1.29, 1.82) is 0 Å². The Balaban J connectivity index is 1.83. The molecule has 7 nitrogen and oxygen atoms in total. The third-order valence-corrected chi connectivity index (χ3v) is 6.32. The van der Waals surface area contributed by atoms with E-state index in [1.807, 2.05) is 0 Å². The molecule has 0 aromatic heterocycles. The third kappa shape index (κ3) is 5.54. The number of amides is 2. The number of thioether (sulfide) groups is 1. The number of nitrogens with zero attached hydrogens (tertiary/aromatic N) is 1. The van der Waals surface area contributed by atoms with E-state index in [1.165, 1.54) is 13.2 Å². The molecule has 162 valence electrons. The van der Waals surface area contributed by atoms with Crippen molar-refractivity contribution in [3.05, 3.63) is 60.9 Å². The highest BCUT2D eigenvalue weighted by molar-refractivity contribution is 9.10. The first-order chi connectivity index (χ1) is 14.7. The lowest BCUT2D eigenvalue weighted by atomic mass is 10.1. The molecule has 31 heavy (non-hydrogen) atoms. The van der Waals surface area contributed by atoms with Crippen molar-refractivity contribution in [3.63, 3.8) is 0 Å². The van der Waals surface area contributed by atoms with E-state index in [9.17, 15) is 14.4 Å². The van der Waals surface area contributed by atoms with Crippen LogP contribution < -0.4 is 9.47 Å². The van der Waals surface area contributed by atoms with E-state index in [2.05, 4.69) is 15.9 Å². The number of carboxylic acid groups (broad SMARTS) is 1. The molecule has 2 aromatic carbocycles. The molecule has 0 unspecified atom stereocenters. The largest absolute Gasteiger partial charge is 0.493 e. The molecule has 1 saturated heterocycles. The van der Waals surface area contributed by atoms with Gasteiger partial charge in [0, 0.05) is 0 Å². The first kappa shape index (κ1) is 23.5. The summed E-state index contributed by atoms with van der Waals surface area (Å²) in [6.45, 7) is -0.476. The first-order valence-electron chi connectivity index (χ1n) is 8.61. The maximum absolute atomic E-state index is 12.3. The highest BCUT2D eigenvalue weighted by Gasteiger charge is 2.36. The van der Waals surface area contributed by atoms with Gasteiger partial charge in [0.2, 0.25) is 0 Å². The average Bonchev–Trinajstić information content (AvgIpc) is 2.96. The number of halogens is 3. The number of aliphatic carboxylic acids is 1. The van der Waals surface area contributed by atoms with Crippen molar-refractivity contribution in [3.8, 4) is 11.5 Å². The lowest BCUT2D eigenvalue weighted by Gasteiger charge is -2.14. The zero-order valence-corrected chi connectivity index (χ0v) is 19.8. The second-order valence-electron chi connectivity index (χ2n) is 6.23. The van der Waals surface area contributed by atoms with Gasteiger partial charge in [0.05, 0.1) is 26.5 Å². The number of hydrogen-bond donors (Lipinski definition) is 1. The minimum absolute atomic E-state index is 0.115. The van der Waals surface area contributed by atoms with Gasteiger partial charge in [0.15, 0.2) is 11.5 Å². The molecule has 1 heterocycles. The SMILES string of the molecule is COc1cc(/C=C2/SC(=O)N(CC(=O)O)C2=O)cc(Br)c1OCc1ccc(Cl)c(Cl)c1. The Bertz CT molecular complexity index is 1110. The van der Waals surface area contributed by atoms with E-state index in [0.29, 0.717) is 48.2 Å². The van der Waals surface area contributed by atoms with Gasteiger partial charge in [-0.05, 0) is 69.2 Å². The van der Waals surface area contributed by atoms with Gasteiger partial charge in [-0.3, -0.25) is 19.3 Å². The smallest absolute Gasteiger partial charge is 0.323 e. The normalized spacial score (nSPS) is 15.0. The van der Waals surface area contributed by atoms with Crippen molar-refractivity contribution < 1.29 is 29.0 Å². The van der Waals surface area contributed by atoms with E-state index in [-0.39, 0.29) is 11.5 Å². The van der Waals surface area contributed by atoms with Crippen LogP contribution in [0.1, 0.15) is 11.1 Å². The summed E-state index contributed by atoms with van der Waals surface area (Å²) in [7, 11) is 1.47. The number of hydrogen-bond acceptors (Lipinski definition) is 6. The summed E-state index contributed by atoms with van der Waals surface area (Å²) in [5, 5.41) is 9.09. The summed E-state index contributed by atoms with van der Waals surface area (Å²) < 4.78 is 11.8. The van der Waals surface area contributed by atoms with Crippen LogP contribution >= 0.6 is 50.9 Å². The number of methoxy groups -OCH3 is 1. The van der Waals surface area contributed by atoms with Gasteiger partial charge in [-0.1, -0.05) is 29.3 Å².